The van der Waals surface area contributed by atoms with E-state index in [9.17, 15) is 50.1 Å². The zero-order chi connectivity index (χ0) is 35.8. The van der Waals surface area contributed by atoms with Crippen molar-refractivity contribution in [2.45, 2.75) is 121 Å². The third-order valence-electron chi connectivity index (χ3n) is 12.3. The van der Waals surface area contributed by atoms with E-state index in [1.807, 2.05) is 0 Å². The Labute approximate surface area is 277 Å². The summed E-state index contributed by atoms with van der Waals surface area (Å²) in [6.45, 7) is 7.33. The van der Waals surface area contributed by atoms with E-state index in [1.54, 1.807) is 26.8 Å². The molecule has 5 rings (SSSR count). The van der Waals surface area contributed by atoms with E-state index in [0.29, 0.717) is 5.56 Å². The average molecular weight is 685 g/mol. The van der Waals surface area contributed by atoms with Crippen molar-refractivity contribution in [3.05, 3.63) is 24.2 Å². The number of carboxylic acids is 1. The molecule has 270 valence electrons. The van der Waals surface area contributed by atoms with Gasteiger partial charge in [0.1, 0.15) is 35.8 Å². The largest absolute Gasteiger partial charge is 0.479 e. The molecule has 2 aliphatic carbocycles. The number of carbonyl (C=O) groups is 3. The van der Waals surface area contributed by atoms with Crippen molar-refractivity contribution in [2.24, 2.45) is 28.1 Å². The van der Waals surface area contributed by atoms with Crippen LogP contribution < -0.4 is 0 Å². The number of ketones is 1. The number of furan rings is 1. The van der Waals surface area contributed by atoms with E-state index >= 15 is 0 Å². The van der Waals surface area contributed by atoms with Crippen LogP contribution in [-0.4, -0.2) is 121 Å². The molecule has 0 amide bonds. The zero-order valence-corrected chi connectivity index (χ0v) is 27.9. The van der Waals surface area contributed by atoms with Gasteiger partial charge in [0.05, 0.1) is 55.9 Å². The Bertz CT molecular complexity index is 1370. The molecule has 0 aromatic carbocycles. The lowest BCUT2D eigenvalue weighted by Gasteiger charge is -2.66. The van der Waals surface area contributed by atoms with E-state index in [4.69, 9.17) is 23.4 Å². The Morgan fingerprint density at radius 1 is 1.12 bits per heavy atom. The predicted octanol–water partition coefficient (Wildman–Crippen LogP) is 0.0722. The molecule has 2 saturated heterocycles. The Balaban J connectivity index is 1.67. The lowest BCUT2D eigenvalue weighted by atomic mass is 9.37. The number of Topliss-reactive ketones (excluding diaryl/α,β-unsaturated/α-hetero) is 1. The minimum absolute atomic E-state index is 0.108. The standard InChI is InChI=1S/C33H48O15/c1-29(2,43)18-11-20(36)32(5)17(31(18,4)19(35)12-21(37)44-6)7-9-30(3,33(32)26(48-33)27(41)42)25(15-8-10-45-14-15)47-28-24(40)23(39)22(38)16(13-34)46-28/h8,10,14,16-19,22-26,28,34-35,38-40,43H,7,9,11-13H2,1-6H3,(H,41,42)/t16-,17+,18+,19+,22-,23+,24-,25+,26+,28+,30+,31-,32+,33-/m1/s1. The second-order valence-corrected chi connectivity index (χ2v) is 15.0. The first-order chi connectivity index (χ1) is 22.3. The fraction of sp³-hybridized carbons (Fsp3) is 0.788. The highest BCUT2D eigenvalue weighted by Crippen LogP contribution is 2.77. The molecule has 1 aromatic rings. The first-order valence-electron chi connectivity index (χ1n) is 16.2. The van der Waals surface area contributed by atoms with Gasteiger partial charge in [-0.15, -0.1) is 0 Å². The second-order valence-electron chi connectivity index (χ2n) is 15.0. The normalized spacial score (nSPS) is 44.1. The smallest absolute Gasteiger partial charge is 0.335 e. The lowest BCUT2D eigenvalue weighted by molar-refractivity contribution is -0.328. The number of carboxylic acid groups (broad SMARTS) is 1. The van der Waals surface area contributed by atoms with Crippen LogP contribution >= 0.6 is 0 Å². The highest BCUT2D eigenvalue weighted by molar-refractivity contribution is 5.92. The first kappa shape index (κ1) is 36.8. The van der Waals surface area contributed by atoms with Crippen molar-refractivity contribution >= 4 is 17.7 Å². The average Bonchev–Trinajstić information content (AvgIpc) is 3.59. The van der Waals surface area contributed by atoms with Crippen LogP contribution in [0.3, 0.4) is 0 Å². The summed E-state index contributed by atoms with van der Waals surface area (Å²) in [4.78, 5) is 40.0. The number of fused-ring (bicyclic) bond motifs is 2. The van der Waals surface area contributed by atoms with Crippen molar-refractivity contribution in [1.82, 2.24) is 0 Å². The molecule has 15 heteroatoms. The first-order valence-corrected chi connectivity index (χ1v) is 16.2. The number of epoxide rings is 1. The van der Waals surface area contributed by atoms with Crippen molar-refractivity contribution in [3.8, 4) is 0 Å². The number of aliphatic carboxylic acids is 1. The number of aliphatic hydroxyl groups excluding tert-OH is 5. The summed E-state index contributed by atoms with van der Waals surface area (Å²) in [5.74, 6) is -4.14. The lowest BCUT2D eigenvalue weighted by Crippen LogP contribution is -2.72. The summed E-state index contributed by atoms with van der Waals surface area (Å²) in [6, 6.07) is 1.55. The molecule has 1 aromatic heterocycles. The van der Waals surface area contributed by atoms with Gasteiger partial charge in [0.25, 0.3) is 0 Å². The number of ether oxygens (including phenoxy) is 4. The second kappa shape index (κ2) is 12.4. The van der Waals surface area contributed by atoms with Crippen LogP contribution in [0.5, 0.6) is 0 Å². The molecule has 48 heavy (non-hydrogen) atoms. The van der Waals surface area contributed by atoms with Gasteiger partial charge >= 0.3 is 11.9 Å². The van der Waals surface area contributed by atoms with Crippen LogP contribution in [0, 0.1) is 28.1 Å². The van der Waals surface area contributed by atoms with Crippen LogP contribution in [0.25, 0.3) is 0 Å². The van der Waals surface area contributed by atoms with Crippen LogP contribution in [0.2, 0.25) is 0 Å². The summed E-state index contributed by atoms with van der Waals surface area (Å²) in [6.07, 6.45) is -10.0. The van der Waals surface area contributed by atoms with Gasteiger partial charge in [-0.1, -0.05) is 13.8 Å². The Morgan fingerprint density at radius 2 is 1.79 bits per heavy atom. The third kappa shape index (κ3) is 5.16. The van der Waals surface area contributed by atoms with Gasteiger partial charge in [-0.05, 0) is 45.6 Å². The fourth-order valence-corrected chi connectivity index (χ4v) is 9.77. The minimum atomic E-state index is -1.81. The van der Waals surface area contributed by atoms with E-state index in [2.05, 4.69) is 0 Å². The summed E-state index contributed by atoms with van der Waals surface area (Å²) >= 11 is 0. The molecule has 1 spiro atoms. The predicted molar refractivity (Wildman–Crippen MR) is 161 cm³/mol. The summed E-state index contributed by atoms with van der Waals surface area (Å²) in [7, 11) is 1.18. The highest BCUT2D eigenvalue weighted by Gasteiger charge is 2.86. The Morgan fingerprint density at radius 3 is 2.31 bits per heavy atom. The van der Waals surface area contributed by atoms with E-state index in [0.717, 1.165) is 0 Å². The molecule has 0 bridgehead atoms. The fourth-order valence-electron chi connectivity index (χ4n) is 9.77. The molecule has 15 nitrogen and oxygen atoms in total. The van der Waals surface area contributed by atoms with Crippen molar-refractivity contribution < 1.29 is 73.5 Å². The van der Waals surface area contributed by atoms with Crippen molar-refractivity contribution in [2.75, 3.05) is 13.7 Å². The van der Waals surface area contributed by atoms with Crippen LogP contribution in [-0.2, 0) is 33.3 Å². The van der Waals surface area contributed by atoms with Gasteiger partial charge in [-0.2, -0.15) is 0 Å². The number of aliphatic hydroxyl groups is 6. The molecule has 4 aliphatic rings. The maximum atomic E-state index is 14.6. The molecule has 2 aliphatic heterocycles. The van der Waals surface area contributed by atoms with Crippen molar-refractivity contribution in [3.63, 3.8) is 0 Å². The van der Waals surface area contributed by atoms with Gasteiger partial charge in [-0.3, -0.25) is 9.59 Å². The molecule has 14 atom stereocenters. The van der Waals surface area contributed by atoms with Gasteiger partial charge in [0.2, 0.25) is 0 Å². The molecule has 4 fully saturated rings. The summed E-state index contributed by atoms with van der Waals surface area (Å²) in [5, 5.41) is 75.2. The zero-order valence-electron chi connectivity index (χ0n) is 27.9. The molecule has 0 radical (unpaired) electrons. The molecular formula is C33H48O15. The number of hydrogen-bond donors (Lipinski definition) is 7. The number of esters is 1. The quantitative estimate of drug-likeness (QED) is 0.127. The molecule has 0 unspecified atom stereocenters. The third-order valence-corrected chi connectivity index (χ3v) is 12.3. The summed E-state index contributed by atoms with van der Waals surface area (Å²) < 4.78 is 28.5. The van der Waals surface area contributed by atoms with Crippen LogP contribution in [0.4, 0.5) is 0 Å². The number of hydrogen-bond acceptors (Lipinski definition) is 14. The molecular weight excluding hydrogens is 636 g/mol. The van der Waals surface area contributed by atoms with Crippen molar-refractivity contribution in [1.29, 1.82) is 0 Å². The minimum Gasteiger partial charge on any atom is -0.479 e. The number of rotatable bonds is 10. The Kier molecular flexibility index (Phi) is 9.50. The van der Waals surface area contributed by atoms with Crippen LogP contribution in [0.15, 0.2) is 23.0 Å². The van der Waals surface area contributed by atoms with Gasteiger partial charge < -0.3 is 59.1 Å². The monoisotopic (exact) mass is 684 g/mol. The molecule has 7 N–H and O–H groups in total. The van der Waals surface area contributed by atoms with E-state index in [1.165, 1.54) is 33.5 Å². The van der Waals surface area contributed by atoms with E-state index < -0.39 is 119 Å². The topological polar surface area (TPSA) is 246 Å². The number of methoxy groups -OCH3 is 1. The van der Waals surface area contributed by atoms with E-state index in [-0.39, 0.29) is 19.3 Å². The summed E-state index contributed by atoms with van der Waals surface area (Å²) in [5.41, 5.74) is -7.33. The van der Waals surface area contributed by atoms with Gasteiger partial charge in [0, 0.05) is 28.7 Å². The highest BCUT2D eigenvalue weighted by atomic mass is 16.7. The number of carbonyl (C=O) groups excluding carboxylic acids is 2. The molecule has 3 heterocycles. The maximum absolute atomic E-state index is 14.6. The van der Waals surface area contributed by atoms with Gasteiger partial charge in [0.15, 0.2) is 12.4 Å². The maximum Gasteiger partial charge on any atom is 0.335 e. The molecule has 2 saturated carbocycles. The Hall–Kier alpha value is -2.47. The SMILES string of the molecule is COC(=O)C[C@H](O)[C@@]1(C)[C@H](C(C)(C)O)CC(=O)[C@]2(C)[C@H]1CC[C@@](C)([C@@H](O[C@@H]1O[C@H](CO)[C@@H](O)[C@H](O)[C@H]1O)c1ccoc1)[C@@]21O[C@H]1C(=O)O. The van der Waals surface area contributed by atoms with Gasteiger partial charge in [-0.25, -0.2) is 4.79 Å². The van der Waals surface area contributed by atoms with Crippen LogP contribution in [0.1, 0.15) is 72.0 Å².